The SMILES string of the molecule is CCCCn1c2c(c(=O)n(CCCC)c1=O)OCc1ccccc1-2. The summed E-state index contributed by atoms with van der Waals surface area (Å²) in [6.07, 6.45) is 3.61. The van der Waals surface area contributed by atoms with E-state index in [1.54, 1.807) is 4.57 Å². The van der Waals surface area contributed by atoms with Crippen molar-refractivity contribution in [3.63, 3.8) is 0 Å². The molecule has 0 atom stereocenters. The van der Waals surface area contributed by atoms with Crippen LogP contribution in [-0.2, 0) is 19.7 Å². The molecular formula is C19H24N2O3. The molecule has 0 N–H and O–H groups in total. The van der Waals surface area contributed by atoms with Crippen molar-refractivity contribution in [1.29, 1.82) is 0 Å². The predicted octanol–water partition coefficient (Wildman–Crippen LogP) is 3.17. The van der Waals surface area contributed by atoms with Gasteiger partial charge in [-0.3, -0.25) is 13.9 Å². The predicted molar refractivity (Wildman–Crippen MR) is 94.5 cm³/mol. The summed E-state index contributed by atoms with van der Waals surface area (Å²) < 4.78 is 8.85. The zero-order chi connectivity index (χ0) is 17.1. The van der Waals surface area contributed by atoms with Gasteiger partial charge < -0.3 is 4.74 Å². The maximum absolute atomic E-state index is 13.0. The fourth-order valence-corrected chi connectivity index (χ4v) is 3.14. The smallest absolute Gasteiger partial charge is 0.331 e. The molecule has 5 heteroatoms. The number of hydrogen-bond acceptors (Lipinski definition) is 3. The Morgan fingerprint density at radius 3 is 2.38 bits per heavy atom. The molecule has 24 heavy (non-hydrogen) atoms. The number of rotatable bonds is 6. The summed E-state index contributed by atoms with van der Waals surface area (Å²) in [6.45, 7) is 5.55. The molecule has 1 aliphatic heterocycles. The molecule has 0 amide bonds. The Kier molecular flexibility index (Phi) is 4.88. The van der Waals surface area contributed by atoms with Gasteiger partial charge in [-0.2, -0.15) is 0 Å². The summed E-state index contributed by atoms with van der Waals surface area (Å²) >= 11 is 0. The van der Waals surface area contributed by atoms with E-state index in [-0.39, 0.29) is 11.2 Å². The molecule has 0 radical (unpaired) electrons. The Balaban J connectivity index is 2.26. The maximum atomic E-state index is 13.0. The van der Waals surface area contributed by atoms with E-state index in [9.17, 15) is 9.59 Å². The summed E-state index contributed by atoms with van der Waals surface area (Å²) in [4.78, 5) is 25.8. The van der Waals surface area contributed by atoms with Gasteiger partial charge in [0.15, 0.2) is 0 Å². The molecule has 0 saturated carbocycles. The van der Waals surface area contributed by atoms with Crippen LogP contribution < -0.4 is 16.0 Å². The standard InChI is InChI=1S/C19H24N2O3/c1-3-5-11-20-16-15-10-8-7-9-14(15)13-24-17(16)18(22)21(19(20)23)12-6-4-2/h7-10H,3-6,11-13H2,1-2H3. The fourth-order valence-electron chi connectivity index (χ4n) is 3.14. The zero-order valence-electron chi connectivity index (χ0n) is 14.4. The highest BCUT2D eigenvalue weighted by atomic mass is 16.5. The van der Waals surface area contributed by atoms with Gasteiger partial charge in [0.2, 0.25) is 5.75 Å². The zero-order valence-corrected chi connectivity index (χ0v) is 14.4. The topological polar surface area (TPSA) is 53.2 Å². The summed E-state index contributed by atoms with van der Waals surface area (Å²) in [5.74, 6) is 0.320. The lowest BCUT2D eigenvalue weighted by molar-refractivity contribution is 0.287. The molecule has 128 valence electrons. The third kappa shape index (κ3) is 2.79. The highest BCUT2D eigenvalue weighted by Gasteiger charge is 2.26. The lowest BCUT2D eigenvalue weighted by Crippen LogP contribution is -2.42. The molecule has 5 nitrogen and oxygen atoms in total. The van der Waals surface area contributed by atoms with E-state index in [2.05, 4.69) is 6.92 Å². The van der Waals surface area contributed by atoms with Gasteiger partial charge in [-0.15, -0.1) is 0 Å². The van der Waals surface area contributed by atoms with Gasteiger partial charge >= 0.3 is 5.69 Å². The van der Waals surface area contributed by atoms with Crippen LogP contribution in [-0.4, -0.2) is 9.13 Å². The van der Waals surface area contributed by atoms with Crippen LogP contribution in [0.15, 0.2) is 33.9 Å². The molecular weight excluding hydrogens is 304 g/mol. The van der Waals surface area contributed by atoms with Crippen molar-refractivity contribution in [2.75, 3.05) is 0 Å². The van der Waals surface area contributed by atoms with Gasteiger partial charge in [0.05, 0.1) is 0 Å². The van der Waals surface area contributed by atoms with E-state index in [0.29, 0.717) is 31.1 Å². The van der Waals surface area contributed by atoms with E-state index >= 15 is 0 Å². The van der Waals surface area contributed by atoms with E-state index < -0.39 is 0 Å². The lowest BCUT2D eigenvalue weighted by Gasteiger charge is -2.25. The van der Waals surface area contributed by atoms with Crippen LogP contribution in [0.5, 0.6) is 5.75 Å². The van der Waals surface area contributed by atoms with Crippen molar-refractivity contribution >= 4 is 0 Å². The summed E-state index contributed by atoms with van der Waals surface area (Å²) in [7, 11) is 0. The molecule has 2 heterocycles. The van der Waals surface area contributed by atoms with Crippen LogP contribution in [0.25, 0.3) is 11.3 Å². The third-order valence-corrected chi connectivity index (χ3v) is 4.50. The van der Waals surface area contributed by atoms with E-state index in [4.69, 9.17) is 4.74 Å². The molecule has 0 unspecified atom stereocenters. The van der Waals surface area contributed by atoms with E-state index in [1.807, 2.05) is 31.2 Å². The lowest BCUT2D eigenvalue weighted by atomic mass is 10.0. The number of aromatic nitrogens is 2. The molecule has 1 aliphatic rings. The number of ether oxygens (including phenoxy) is 1. The van der Waals surface area contributed by atoms with Gasteiger partial charge in [-0.1, -0.05) is 51.0 Å². The summed E-state index contributed by atoms with van der Waals surface area (Å²) in [6, 6.07) is 7.83. The molecule has 1 aromatic heterocycles. The Morgan fingerprint density at radius 1 is 1.00 bits per heavy atom. The quantitative estimate of drug-likeness (QED) is 0.818. The molecule has 2 aromatic rings. The Bertz CT molecular complexity index is 849. The molecule has 0 bridgehead atoms. The van der Waals surface area contributed by atoms with Gasteiger partial charge in [0.1, 0.15) is 12.3 Å². The van der Waals surface area contributed by atoms with Crippen LogP contribution in [0.1, 0.15) is 45.1 Å². The first-order chi connectivity index (χ1) is 11.7. The second kappa shape index (κ2) is 7.07. The van der Waals surface area contributed by atoms with Crippen LogP contribution in [0.2, 0.25) is 0 Å². The first-order valence-electron chi connectivity index (χ1n) is 8.77. The average Bonchev–Trinajstić information content (AvgIpc) is 2.61. The van der Waals surface area contributed by atoms with E-state index in [1.165, 1.54) is 4.57 Å². The third-order valence-electron chi connectivity index (χ3n) is 4.50. The first kappa shape index (κ1) is 16.6. The molecule has 1 aromatic carbocycles. The van der Waals surface area contributed by atoms with Gasteiger partial charge in [-0.25, -0.2) is 4.79 Å². The Hall–Kier alpha value is -2.30. The van der Waals surface area contributed by atoms with Crippen molar-refractivity contribution in [2.24, 2.45) is 0 Å². The number of hydrogen-bond donors (Lipinski definition) is 0. The molecule has 0 aliphatic carbocycles. The Morgan fingerprint density at radius 2 is 1.67 bits per heavy atom. The molecule has 0 fully saturated rings. The highest BCUT2D eigenvalue weighted by molar-refractivity contribution is 5.71. The second-order valence-corrected chi connectivity index (χ2v) is 6.22. The van der Waals surface area contributed by atoms with Crippen LogP contribution in [0.4, 0.5) is 0 Å². The average molecular weight is 328 g/mol. The molecule has 3 rings (SSSR count). The number of nitrogens with zero attached hydrogens (tertiary/aromatic N) is 2. The molecule has 0 spiro atoms. The maximum Gasteiger partial charge on any atom is 0.331 e. The first-order valence-corrected chi connectivity index (χ1v) is 8.77. The molecule has 0 saturated heterocycles. The van der Waals surface area contributed by atoms with Crippen molar-refractivity contribution < 1.29 is 4.74 Å². The van der Waals surface area contributed by atoms with Crippen LogP contribution >= 0.6 is 0 Å². The van der Waals surface area contributed by atoms with E-state index in [0.717, 1.165) is 36.8 Å². The van der Waals surface area contributed by atoms with Crippen molar-refractivity contribution in [2.45, 2.75) is 59.2 Å². The summed E-state index contributed by atoms with van der Waals surface area (Å²) in [5, 5.41) is 0. The highest BCUT2D eigenvalue weighted by Crippen LogP contribution is 2.34. The van der Waals surface area contributed by atoms with Gasteiger partial charge in [0, 0.05) is 18.7 Å². The van der Waals surface area contributed by atoms with Gasteiger partial charge in [-0.05, 0) is 18.4 Å². The van der Waals surface area contributed by atoms with Gasteiger partial charge in [0.25, 0.3) is 5.56 Å². The largest absolute Gasteiger partial charge is 0.481 e. The van der Waals surface area contributed by atoms with Crippen molar-refractivity contribution in [1.82, 2.24) is 9.13 Å². The monoisotopic (exact) mass is 328 g/mol. The second-order valence-electron chi connectivity index (χ2n) is 6.22. The van der Waals surface area contributed by atoms with Crippen molar-refractivity contribution in [3.8, 4) is 17.0 Å². The summed E-state index contributed by atoms with van der Waals surface area (Å²) in [5.41, 5.74) is 2.08. The minimum atomic E-state index is -0.300. The minimum absolute atomic E-state index is 0.221. The fraction of sp³-hybridized carbons (Fsp3) is 0.474. The van der Waals surface area contributed by atoms with Crippen LogP contribution in [0.3, 0.4) is 0 Å². The van der Waals surface area contributed by atoms with Crippen LogP contribution in [0, 0.1) is 0 Å². The van der Waals surface area contributed by atoms with Crippen molar-refractivity contribution in [3.05, 3.63) is 50.7 Å². The Labute approximate surface area is 141 Å². The number of fused-ring (bicyclic) bond motifs is 3. The number of unbranched alkanes of at least 4 members (excludes halogenated alkanes) is 2. The number of benzene rings is 1. The minimum Gasteiger partial charge on any atom is -0.481 e. The normalized spacial score (nSPS) is 12.4.